The highest BCUT2D eigenvalue weighted by Gasteiger charge is 2.52. The van der Waals surface area contributed by atoms with E-state index in [9.17, 15) is 9.59 Å². The lowest BCUT2D eigenvalue weighted by Crippen LogP contribution is -2.55. The van der Waals surface area contributed by atoms with Crippen molar-refractivity contribution in [3.8, 4) is 0 Å². The molecule has 2 fully saturated rings. The fraction of sp³-hybridized carbons (Fsp3) is 0.857. The first-order valence-electron chi connectivity index (χ1n) is 7.05. The van der Waals surface area contributed by atoms with Crippen molar-refractivity contribution in [1.29, 1.82) is 0 Å². The summed E-state index contributed by atoms with van der Waals surface area (Å²) in [4.78, 5) is 26.1. The zero-order valence-corrected chi connectivity index (χ0v) is 11.7. The van der Waals surface area contributed by atoms with Crippen LogP contribution in [-0.2, 0) is 9.59 Å². The van der Waals surface area contributed by atoms with Crippen molar-refractivity contribution in [2.75, 3.05) is 6.54 Å². The van der Waals surface area contributed by atoms with Gasteiger partial charge in [0.25, 0.3) is 0 Å². The zero-order valence-electron chi connectivity index (χ0n) is 11.7. The molecule has 1 atom stereocenters. The number of hydrogen-bond donors (Lipinski definition) is 1. The SMILES string of the molecule is CC(C)CCNC(=O)C1(C)CCC(=O)N1C1CC1. The Balaban J connectivity index is 1.96. The van der Waals surface area contributed by atoms with Crippen molar-refractivity contribution < 1.29 is 9.59 Å². The Morgan fingerprint density at radius 3 is 2.72 bits per heavy atom. The maximum absolute atomic E-state index is 12.3. The van der Waals surface area contributed by atoms with E-state index in [4.69, 9.17) is 0 Å². The molecule has 1 aliphatic heterocycles. The lowest BCUT2D eigenvalue weighted by Gasteiger charge is -2.34. The van der Waals surface area contributed by atoms with E-state index in [1.807, 2.05) is 11.8 Å². The van der Waals surface area contributed by atoms with Gasteiger partial charge in [-0.3, -0.25) is 9.59 Å². The molecule has 1 N–H and O–H groups in total. The molecule has 2 amide bonds. The van der Waals surface area contributed by atoms with E-state index in [1.54, 1.807) is 0 Å². The Bertz CT molecular complexity index is 350. The third-order valence-electron chi connectivity index (χ3n) is 4.03. The third-order valence-corrected chi connectivity index (χ3v) is 4.03. The number of carbonyl (C=O) groups excluding carboxylic acids is 2. The molecule has 2 aliphatic rings. The summed E-state index contributed by atoms with van der Waals surface area (Å²) in [5.41, 5.74) is -0.602. The Kier molecular flexibility index (Phi) is 3.64. The van der Waals surface area contributed by atoms with Crippen molar-refractivity contribution in [3.05, 3.63) is 0 Å². The highest BCUT2D eigenvalue weighted by Crippen LogP contribution is 2.40. The van der Waals surface area contributed by atoms with Gasteiger partial charge < -0.3 is 10.2 Å². The van der Waals surface area contributed by atoms with E-state index < -0.39 is 5.54 Å². The molecule has 2 rings (SSSR count). The number of amides is 2. The Hall–Kier alpha value is -1.06. The second-order valence-corrected chi connectivity index (χ2v) is 6.21. The molecular formula is C14H24N2O2. The average Bonchev–Trinajstić information content (AvgIpc) is 3.06. The summed E-state index contributed by atoms with van der Waals surface area (Å²) >= 11 is 0. The molecule has 0 spiro atoms. The maximum atomic E-state index is 12.3. The van der Waals surface area contributed by atoms with Crippen molar-refractivity contribution in [2.45, 2.75) is 64.5 Å². The molecule has 1 aliphatic carbocycles. The smallest absolute Gasteiger partial charge is 0.245 e. The molecule has 18 heavy (non-hydrogen) atoms. The second-order valence-electron chi connectivity index (χ2n) is 6.21. The van der Waals surface area contributed by atoms with Gasteiger partial charge in [-0.15, -0.1) is 0 Å². The van der Waals surface area contributed by atoms with E-state index in [0.29, 0.717) is 31.3 Å². The van der Waals surface area contributed by atoms with E-state index in [2.05, 4.69) is 19.2 Å². The van der Waals surface area contributed by atoms with E-state index in [-0.39, 0.29) is 11.8 Å². The lowest BCUT2D eigenvalue weighted by molar-refractivity contribution is -0.141. The fourth-order valence-electron chi connectivity index (χ4n) is 2.69. The number of rotatable bonds is 5. The summed E-state index contributed by atoms with van der Waals surface area (Å²) in [6.45, 7) is 6.91. The third kappa shape index (κ3) is 2.52. The van der Waals surface area contributed by atoms with Gasteiger partial charge in [0, 0.05) is 19.0 Å². The molecule has 1 saturated carbocycles. The van der Waals surface area contributed by atoms with Crippen LogP contribution in [0.5, 0.6) is 0 Å². The number of carbonyl (C=O) groups is 2. The zero-order chi connectivity index (χ0) is 13.3. The van der Waals surface area contributed by atoms with Gasteiger partial charge in [-0.2, -0.15) is 0 Å². The minimum absolute atomic E-state index is 0.0286. The number of nitrogens with zero attached hydrogens (tertiary/aromatic N) is 1. The molecule has 0 aromatic rings. The van der Waals surface area contributed by atoms with Crippen molar-refractivity contribution in [1.82, 2.24) is 10.2 Å². The number of hydrogen-bond acceptors (Lipinski definition) is 2. The molecule has 1 unspecified atom stereocenters. The van der Waals surface area contributed by atoms with Gasteiger partial charge in [-0.1, -0.05) is 13.8 Å². The monoisotopic (exact) mass is 252 g/mol. The first kappa shape index (κ1) is 13.4. The molecule has 0 aromatic carbocycles. The topological polar surface area (TPSA) is 49.4 Å². The quantitative estimate of drug-likeness (QED) is 0.809. The van der Waals surface area contributed by atoms with Crippen LogP contribution in [-0.4, -0.2) is 34.8 Å². The van der Waals surface area contributed by atoms with Gasteiger partial charge in [0.1, 0.15) is 5.54 Å². The predicted octanol–water partition coefficient (Wildman–Crippen LogP) is 1.69. The van der Waals surface area contributed by atoms with Crippen LogP contribution in [0.3, 0.4) is 0 Å². The van der Waals surface area contributed by atoms with Gasteiger partial charge in [0.05, 0.1) is 0 Å². The summed E-state index contributed by atoms with van der Waals surface area (Å²) in [5, 5.41) is 3.00. The van der Waals surface area contributed by atoms with Crippen LogP contribution in [0.15, 0.2) is 0 Å². The van der Waals surface area contributed by atoms with Crippen LogP contribution in [0, 0.1) is 5.92 Å². The normalized spacial score (nSPS) is 28.0. The molecule has 102 valence electrons. The summed E-state index contributed by atoms with van der Waals surface area (Å²) in [5.74, 6) is 0.766. The molecule has 4 heteroatoms. The van der Waals surface area contributed by atoms with Gasteiger partial charge in [-0.05, 0) is 38.5 Å². The Labute approximate surface area is 109 Å². The molecular weight excluding hydrogens is 228 g/mol. The molecule has 1 saturated heterocycles. The van der Waals surface area contributed by atoms with Gasteiger partial charge in [0.2, 0.25) is 11.8 Å². The summed E-state index contributed by atoms with van der Waals surface area (Å²) in [6.07, 6.45) is 4.28. The Morgan fingerprint density at radius 1 is 1.50 bits per heavy atom. The van der Waals surface area contributed by atoms with Crippen molar-refractivity contribution >= 4 is 11.8 Å². The van der Waals surface area contributed by atoms with Crippen molar-refractivity contribution in [3.63, 3.8) is 0 Å². The highest BCUT2D eigenvalue weighted by molar-refractivity contribution is 5.94. The minimum atomic E-state index is -0.602. The first-order chi connectivity index (χ1) is 8.45. The lowest BCUT2D eigenvalue weighted by atomic mass is 9.97. The van der Waals surface area contributed by atoms with E-state index in [0.717, 1.165) is 19.3 Å². The predicted molar refractivity (Wildman–Crippen MR) is 70.0 cm³/mol. The Morgan fingerprint density at radius 2 is 2.17 bits per heavy atom. The molecule has 4 nitrogen and oxygen atoms in total. The standard InChI is InChI=1S/C14H24N2O2/c1-10(2)7-9-15-13(18)14(3)8-6-12(17)16(14)11-4-5-11/h10-11H,4-9H2,1-3H3,(H,15,18). The summed E-state index contributed by atoms with van der Waals surface area (Å²) < 4.78 is 0. The van der Waals surface area contributed by atoms with Crippen LogP contribution in [0.1, 0.15) is 52.9 Å². The summed E-state index contributed by atoms with van der Waals surface area (Å²) in [6, 6.07) is 0.320. The van der Waals surface area contributed by atoms with Gasteiger partial charge >= 0.3 is 0 Å². The molecule has 0 bridgehead atoms. The van der Waals surface area contributed by atoms with Crippen LogP contribution in [0.25, 0.3) is 0 Å². The van der Waals surface area contributed by atoms with Crippen LogP contribution < -0.4 is 5.32 Å². The second kappa shape index (κ2) is 4.90. The molecule has 0 radical (unpaired) electrons. The molecule has 1 heterocycles. The first-order valence-corrected chi connectivity index (χ1v) is 7.05. The van der Waals surface area contributed by atoms with Gasteiger partial charge in [-0.25, -0.2) is 0 Å². The van der Waals surface area contributed by atoms with Crippen LogP contribution >= 0.6 is 0 Å². The number of likely N-dealkylation sites (tertiary alicyclic amines) is 1. The maximum Gasteiger partial charge on any atom is 0.245 e. The van der Waals surface area contributed by atoms with Crippen molar-refractivity contribution in [2.24, 2.45) is 5.92 Å². The van der Waals surface area contributed by atoms with E-state index in [1.165, 1.54) is 0 Å². The van der Waals surface area contributed by atoms with Crippen LogP contribution in [0.2, 0.25) is 0 Å². The minimum Gasteiger partial charge on any atom is -0.354 e. The van der Waals surface area contributed by atoms with Crippen LogP contribution in [0.4, 0.5) is 0 Å². The fourth-order valence-corrected chi connectivity index (χ4v) is 2.69. The van der Waals surface area contributed by atoms with Gasteiger partial charge in [0.15, 0.2) is 0 Å². The summed E-state index contributed by atoms with van der Waals surface area (Å²) in [7, 11) is 0. The largest absolute Gasteiger partial charge is 0.354 e. The van der Waals surface area contributed by atoms with E-state index >= 15 is 0 Å². The highest BCUT2D eigenvalue weighted by atomic mass is 16.2. The number of nitrogens with one attached hydrogen (secondary N) is 1. The molecule has 0 aromatic heterocycles. The average molecular weight is 252 g/mol.